The molecule has 0 rings (SSSR count). The van der Waals surface area contributed by atoms with Gasteiger partial charge in [0.2, 0.25) is 0 Å². The Kier molecular flexibility index (Phi) is 46.4. The van der Waals surface area contributed by atoms with Crippen molar-refractivity contribution in [3.8, 4) is 0 Å². The van der Waals surface area contributed by atoms with Crippen LogP contribution in [-0.2, 0) is 0 Å². The van der Waals surface area contributed by atoms with Crippen LogP contribution in [0.15, 0.2) is 0 Å². The van der Waals surface area contributed by atoms with E-state index in [4.69, 9.17) is 0 Å². The zero-order valence-electron chi connectivity index (χ0n) is 38.4. The lowest BCUT2D eigenvalue weighted by Gasteiger charge is -2.35. The fraction of sp³-hybridized carbons (Fsp3) is 1.00. The third-order valence-electron chi connectivity index (χ3n) is 13.2. The van der Waals surface area contributed by atoms with Crippen molar-refractivity contribution in [1.29, 1.82) is 0 Å². The van der Waals surface area contributed by atoms with Crippen LogP contribution in [0.25, 0.3) is 0 Å². The van der Waals surface area contributed by atoms with E-state index in [9.17, 15) is 0 Å². The van der Waals surface area contributed by atoms with Crippen molar-refractivity contribution in [2.24, 2.45) is 5.41 Å². The lowest BCUT2D eigenvalue weighted by Crippen LogP contribution is -2.21. The molecule has 0 aromatic carbocycles. The second-order valence-corrected chi connectivity index (χ2v) is 18.6. The fourth-order valence-corrected chi connectivity index (χ4v) is 9.39. The summed E-state index contributed by atoms with van der Waals surface area (Å²) in [7, 11) is 0. The van der Waals surface area contributed by atoms with Crippen molar-refractivity contribution in [2.75, 3.05) is 0 Å². The molecule has 0 bridgehead atoms. The monoisotopic (exact) mass is 745 g/mol. The van der Waals surface area contributed by atoms with Gasteiger partial charge in [0, 0.05) is 0 Å². The van der Waals surface area contributed by atoms with Gasteiger partial charge in [-0.25, -0.2) is 0 Å². The van der Waals surface area contributed by atoms with Crippen molar-refractivity contribution in [3.63, 3.8) is 0 Å². The molecule has 0 atom stereocenters. The number of unbranched alkanes of at least 4 members (excludes halogenated alkanes) is 40. The van der Waals surface area contributed by atoms with E-state index >= 15 is 0 Å². The SMILES string of the molecule is CCCCCCCCCCCCCCCCC(CCCC)(CCCCCCCCCCCCCCCC)CCCCCCCCCCCCCCCC. The van der Waals surface area contributed by atoms with Crippen LogP contribution in [-0.4, -0.2) is 0 Å². The van der Waals surface area contributed by atoms with Gasteiger partial charge < -0.3 is 0 Å². The smallest absolute Gasteiger partial charge is 0.0297 e. The lowest BCUT2D eigenvalue weighted by molar-refractivity contribution is 0.173. The van der Waals surface area contributed by atoms with Crippen molar-refractivity contribution < 1.29 is 0 Å². The van der Waals surface area contributed by atoms with Crippen LogP contribution >= 0.6 is 0 Å². The molecule has 320 valence electrons. The molecule has 0 aliphatic rings. The maximum absolute atomic E-state index is 2.44. The van der Waals surface area contributed by atoms with E-state index in [-0.39, 0.29) is 0 Å². The molecule has 0 spiro atoms. The van der Waals surface area contributed by atoms with Gasteiger partial charge in [-0.3, -0.25) is 0 Å². The minimum Gasteiger partial charge on any atom is -0.0654 e. The molecule has 0 nitrogen and oxygen atoms in total. The molecule has 0 N–H and O–H groups in total. The summed E-state index contributed by atoms with van der Waals surface area (Å²) in [6.07, 6.45) is 71.2. The van der Waals surface area contributed by atoms with Gasteiger partial charge in [0.1, 0.15) is 0 Å². The molecule has 0 saturated carbocycles. The number of hydrogen-bond acceptors (Lipinski definition) is 0. The van der Waals surface area contributed by atoms with Crippen molar-refractivity contribution >= 4 is 0 Å². The first-order chi connectivity index (χ1) is 26.2. The second kappa shape index (κ2) is 46.4. The van der Waals surface area contributed by atoms with Crippen LogP contribution in [0.4, 0.5) is 0 Å². The quantitative estimate of drug-likeness (QED) is 0.0544. The molecule has 0 heterocycles. The van der Waals surface area contributed by atoms with Gasteiger partial charge in [-0.1, -0.05) is 310 Å². The Hall–Kier alpha value is 0. The Morgan fingerprint density at radius 1 is 0.151 bits per heavy atom. The molecule has 0 amide bonds. The standard InChI is InChI=1S/C53H108/c1-5-9-13-16-19-22-25-28-31-34-37-40-43-46-50-53(49-12-8-4,51-47-44-41-38-35-32-29-26-23-20-17-14-10-6-2)52-48-45-42-39-36-33-30-27-24-21-18-15-11-7-3/h5-52H2,1-4H3. The predicted molar refractivity (Wildman–Crippen MR) is 247 cm³/mol. The Morgan fingerprint density at radius 2 is 0.283 bits per heavy atom. The van der Waals surface area contributed by atoms with Gasteiger partial charge in [0.05, 0.1) is 0 Å². The predicted octanol–water partition coefficient (Wildman–Crippen LogP) is 20.8. The van der Waals surface area contributed by atoms with E-state index in [0.29, 0.717) is 5.41 Å². The van der Waals surface area contributed by atoms with Crippen LogP contribution in [0, 0.1) is 5.41 Å². The molecule has 0 aliphatic carbocycles. The minimum atomic E-state index is 0.668. The van der Waals surface area contributed by atoms with Gasteiger partial charge in [-0.2, -0.15) is 0 Å². The van der Waals surface area contributed by atoms with Crippen LogP contribution in [0.5, 0.6) is 0 Å². The average Bonchev–Trinajstić information content (AvgIpc) is 3.17. The highest BCUT2D eigenvalue weighted by atomic mass is 14.3. The maximum Gasteiger partial charge on any atom is -0.0297 e. The number of rotatable bonds is 48. The summed E-state index contributed by atoms with van der Waals surface area (Å²) in [5, 5.41) is 0. The van der Waals surface area contributed by atoms with E-state index in [2.05, 4.69) is 27.7 Å². The van der Waals surface area contributed by atoms with Crippen LogP contribution in [0.3, 0.4) is 0 Å². The Balaban J connectivity index is 4.42. The first-order valence-electron chi connectivity index (χ1n) is 26.2. The summed E-state index contributed by atoms with van der Waals surface area (Å²) in [5.41, 5.74) is 0.668. The molecule has 0 radical (unpaired) electrons. The molecule has 0 unspecified atom stereocenters. The third kappa shape index (κ3) is 41.5. The fourth-order valence-electron chi connectivity index (χ4n) is 9.39. The minimum absolute atomic E-state index is 0.668. The summed E-state index contributed by atoms with van der Waals surface area (Å²) in [6, 6.07) is 0. The molecule has 53 heavy (non-hydrogen) atoms. The van der Waals surface area contributed by atoms with Crippen molar-refractivity contribution in [3.05, 3.63) is 0 Å². The molecule has 0 fully saturated rings. The lowest BCUT2D eigenvalue weighted by atomic mass is 9.70. The van der Waals surface area contributed by atoms with Gasteiger partial charge in [-0.05, 0) is 31.1 Å². The van der Waals surface area contributed by atoms with Crippen LogP contribution in [0.1, 0.15) is 336 Å². The summed E-state index contributed by atoms with van der Waals surface area (Å²) >= 11 is 0. The number of hydrogen-bond donors (Lipinski definition) is 0. The molecule has 0 aromatic heterocycles. The van der Waals surface area contributed by atoms with E-state index in [0.717, 1.165) is 0 Å². The first-order valence-corrected chi connectivity index (χ1v) is 26.2. The summed E-state index contributed by atoms with van der Waals surface area (Å²) in [5.74, 6) is 0. The largest absolute Gasteiger partial charge is 0.0654 e. The summed E-state index contributed by atoms with van der Waals surface area (Å²) in [4.78, 5) is 0. The molecule has 0 saturated heterocycles. The molecule has 0 aromatic rings. The van der Waals surface area contributed by atoms with E-state index < -0.39 is 0 Å². The average molecular weight is 745 g/mol. The van der Waals surface area contributed by atoms with E-state index in [1.165, 1.54) is 289 Å². The Labute approximate surface area is 340 Å². The van der Waals surface area contributed by atoms with E-state index in [1.54, 1.807) is 19.3 Å². The zero-order chi connectivity index (χ0) is 38.4. The van der Waals surface area contributed by atoms with Crippen LogP contribution < -0.4 is 0 Å². The highest BCUT2D eigenvalue weighted by Gasteiger charge is 2.28. The van der Waals surface area contributed by atoms with E-state index in [1.807, 2.05) is 0 Å². The highest BCUT2D eigenvalue weighted by molar-refractivity contribution is 4.80. The Morgan fingerprint density at radius 3 is 0.453 bits per heavy atom. The van der Waals surface area contributed by atoms with Gasteiger partial charge in [0.15, 0.2) is 0 Å². The first kappa shape index (κ1) is 53.0. The van der Waals surface area contributed by atoms with Gasteiger partial charge in [-0.15, -0.1) is 0 Å². The highest BCUT2D eigenvalue weighted by Crippen LogP contribution is 2.42. The van der Waals surface area contributed by atoms with Gasteiger partial charge >= 0.3 is 0 Å². The zero-order valence-corrected chi connectivity index (χ0v) is 38.4. The normalized spacial score (nSPS) is 12.0. The Bertz CT molecular complexity index is 541. The van der Waals surface area contributed by atoms with Crippen molar-refractivity contribution in [1.82, 2.24) is 0 Å². The molecule has 0 aliphatic heterocycles. The molecule has 0 heteroatoms. The maximum atomic E-state index is 2.44. The molecular weight excluding hydrogens is 637 g/mol. The van der Waals surface area contributed by atoms with Crippen LogP contribution in [0.2, 0.25) is 0 Å². The summed E-state index contributed by atoms with van der Waals surface area (Å²) in [6.45, 7) is 9.42. The van der Waals surface area contributed by atoms with Crippen molar-refractivity contribution in [2.45, 2.75) is 336 Å². The molecular formula is C53H108. The topological polar surface area (TPSA) is 0 Å². The second-order valence-electron chi connectivity index (χ2n) is 18.6. The summed E-state index contributed by atoms with van der Waals surface area (Å²) < 4.78 is 0. The third-order valence-corrected chi connectivity index (χ3v) is 13.2. The van der Waals surface area contributed by atoms with Gasteiger partial charge in [0.25, 0.3) is 0 Å².